The Bertz CT molecular complexity index is 434. The van der Waals surface area contributed by atoms with Crippen LogP contribution in [0.25, 0.3) is 0 Å². The Morgan fingerprint density at radius 2 is 2.13 bits per heavy atom. The minimum atomic E-state index is -0.247. The zero-order valence-corrected chi connectivity index (χ0v) is 9.26. The third kappa shape index (κ3) is 1.98. The molecule has 0 aliphatic heterocycles. The number of halogens is 2. The Labute approximate surface area is 94.1 Å². The van der Waals surface area contributed by atoms with E-state index < -0.39 is 0 Å². The molecule has 15 heavy (non-hydrogen) atoms. The molecule has 0 heterocycles. The molecule has 0 saturated heterocycles. The number of hydrogen-bond acceptors (Lipinski definition) is 0. The van der Waals surface area contributed by atoms with Crippen molar-refractivity contribution in [2.45, 2.75) is 18.8 Å². The van der Waals surface area contributed by atoms with Crippen molar-refractivity contribution in [1.82, 2.24) is 0 Å². The fourth-order valence-corrected chi connectivity index (χ4v) is 2.04. The van der Waals surface area contributed by atoms with Crippen LogP contribution < -0.4 is 0 Å². The van der Waals surface area contributed by atoms with Crippen LogP contribution in [0, 0.1) is 5.82 Å². The molecule has 1 atom stereocenters. The Morgan fingerprint density at radius 1 is 1.33 bits per heavy atom. The van der Waals surface area contributed by atoms with Crippen molar-refractivity contribution in [2.24, 2.45) is 0 Å². The van der Waals surface area contributed by atoms with Crippen LogP contribution in [0.15, 0.2) is 42.5 Å². The van der Waals surface area contributed by atoms with Gasteiger partial charge in [-0.15, -0.1) is 0 Å². The molecule has 1 aromatic carbocycles. The summed E-state index contributed by atoms with van der Waals surface area (Å²) >= 11 is 5.73. The lowest BCUT2D eigenvalue weighted by Gasteiger charge is -2.27. The Morgan fingerprint density at radius 3 is 2.73 bits per heavy atom. The predicted octanol–water partition coefficient (Wildman–Crippen LogP) is 4.25. The van der Waals surface area contributed by atoms with Crippen LogP contribution in [0.3, 0.4) is 0 Å². The zero-order chi connectivity index (χ0) is 10.9. The third-order valence-corrected chi connectivity index (χ3v) is 3.03. The highest BCUT2D eigenvalue weighted by molar-refractivity contribution is 6.30. The van der Waals surface area contributed by atoms with Gasteiger partial charge in [0.15, 0.2) is 0 Å². The number of benzene rings is 1. The van der Waals surface area contributed by atoms with Crippen LogP contribution >= 0.6 is 11.6 Å². The van der Waals surface area contributed by atoms with E-state index in [0.29, 0.717) is 10.6 Å². The summed E-state index contributed by atoms with van der Waals surface area (Å²) < 4.78 is 13.7. The van der Waals surface area contributed by atoms with Gasteiger partial charge in [-0.2, -0.15) is 0 Å². The summed E-state index contributed by atoms with van der Waals surface area (Å²) in [5.41, 5.74) is 0.455. The van der Waals surface area contributed by atoms with Gasteiger partial charge in [0.05, 0.1) is 0 Å². The van der Waals surface area contributed by atoms with Crippen molar-refractivity contribution in [3.05, 3.63) is 58.9 Å². The van der Waals surface area contributed by atoms with E-state index in [1.54, 1.807) is 12.1 Å². The summed E-state index contributed by atoms with van der Waals surface area (Å²) in [5, 5.41) is 0.440. The normalized spacial score (nSPS) is 24.5. The molecule has 0 spiro atoms. The van der Waals surface area contributed by atoms with Crippen molar-refractivity contribution < 1.29 is 4.39 Å². The molecule has 0 N–H and O–H groups in total. The second kappa shape index (κ2) is 3.82. The molecule has 2 heteroatoms. The van der Waals surface area contributed by atoms with Gasteiger partial charge >= 0.3 is 0 Å². The smallest absolute Gasteiger partial charge is 0.128 e. The summed E-state index contributed by atoms with van der Waals surface area (Å²) in [6.45, 7) is 2.03. The lowest BCUT2D eigenvalue weighted by Crippen LogP contribution is -2.21. The highest BCUT2D eigenvalue weighted by atomic mass is 35.5. The van der Waals surface area contributed by atoms with Crippen LogP contribution in [0.2, 0.25) is 5.02 Å². The van der Waals surface area contributed by atoms with Crippen LogP contribution in [0.5, 0.6) is 0 Å². The summed E-state index contributed by atoms with van der Waals surface area (Å²) in [6, 6.07) is 4.87. The molecule has 0 nitrogen and oxygen atoms in total. The van der Waals surface area contributed by atoms with Gasteiger partial charge in [-0.3, -0.25) is 0 Å². The van der Waals surface area contributed by atoms with Gasteiger partial charge in [0.2, 0.25) is 0 Å². The quantitative estimate of drug-likeness (QED) is 0.666. The van der Waals surface area contributed by atoms with Gasteiger partial charge in [-0.1, -0.05) is 48.9 Å². The SMILES string of the molecule is C[C@@]1(c2ccc(Cl)cc2F)C=CC=CC1. The largest absolute Gasteiger partial charge is 0.207 e. The van der Waals surface area contributed by atoms with E-state index in [2.05, 4.69) is 0 Å². The molecule has 0 fully saturated rings. The molecule has 0 amide bonds. The lowest BCUT2D eigenvalue weighted by atomic mass is 9.77. The fraction of sp³-hybridized carbons (Fsp3) is 0.231. The average Bonchev–Trinajstić information content (AvgIpc) is 2.18. The Kier molecular flexibility index (Phi) is 2.66. The standard InChI is InChI=1S/C13H12ClF/c1-13(7-3-2-4-8-13)11-6-5-10(14)9-12(11)15/h2-7,9H,8H2,1H3/t13-/m1/s1. The van der Waals surface area contributed by atoms with Gasteiger partial charge < -0.3 is 0 Å². The maximum absolute atomic E-state index is 13.7. The second-order valence-electron chi connectivity index (χ2n) is 4.03. The molecule has 0 unspecified atom stereocenters. The van der Waals surface area contributed by atoms with Gasteiger partial charge in [-0.05, 0) is 24.1 Å². The van der Waals surface area contributed by atoms with Gasteiger partial charge in [0.25, 0.3) is 0 Å². The highest BCUT2D eigenvalue weighted by Crippen LogP contribution is 2.34. The highest BCUT2D eigenvalue weighted by Gasteiger charge is 2.26. The van der Waals surface area contributed by atoms with Crippen molar-refractivity contribution in [3.8, 4) is 0 Å². The molecule has 0 saturated carbocycles. The third-order valence-electron chi connectivity index (χ3n) is 2.80. The first-order valence-electron chi connectivity index (χ1n) is 4.92. The Balaban J connectivity index is 2.45. The van der Waals surface area contributed by atoms with E-state index in [-0.39, 0.29) is 11.2 Å². The van der Waals surface area contributed by atoms with Gasteiger partial charge in [0, 0.05) is 10.4 Å². The van der Waals surface area contributed by atoms with E-state index in [9.17, 15) is 4.39 Å². The first kappa shape index (κ1) is 10.4. The van der Waals surface area contributed by atoms with E-state index in [0.717, 1.165) is 6.42 Å². The van der Waals surface area contributed by atoms with Crippen LogP contribution in [0.1, 0.15) is 18.9 Å². The summed E-state index contributed by atoms with van der Waals surface area (Å²) in [4.78, 5) is 0. The number of rotatable bonds is 1. The topological polar surface area (TPSA) is 0 Å². The maximum atomic E-state index is 13.7. The van der Waals surface area contributed by atoms with E-state index in [1.807, 2.05) is 31.2 Å². The minimum absolute atomic E-state index is 0.232. The molecular weight excluding hydrogens is 211 g/mol. The van der Waals surface area contributed by atoms with E-state index in [4.69, 9.17) is 11.6 Å². The minimum Gasteiger partial charge on any atom is -0.207 e. The number of hydrogen-bond donors (Lipinski definition) is 0. The molecule has 1 aromatic rings. The average molecular weight is 223 g/mol. The fourth-order valence-electron chi connectivity index (χ4n) is 1.88. The van der Waals surface area contributed by atoms with Gasteiger partial charge in [-0.25, -0.2) is 4.39 Å². The molecular formula is C13H12ClF. The maximum Gasteiger partial charge on any atom is 0.128 e. The molecule has 78 valence electrons. The van der Waals surface area contributed by atoms with Crippen LogP contribution in [-0.2, 0) is 5.41 Å². The van der Waals surface area contributed by atoms with Gasteiger partial charge in [0.1, 0.15) is 5.82 Å². The monoisotopic (exact) mass is 222 g/mol. The van der Waals surface area contributed by atoms with E-state index in [1.165, 1.54) is 6.07 Å². The molecule has 0 bridgehead atoms. The lowest BCUT2D eigenvalue weighted by molar-refractivity contribution is 0.530. The van der Waals surface area contributed by atoms with Crippen molar-refractivity contribution in [3.63, 3.8) is 0 Å². The molecule has 0 aromatic heterocycles. The molecule has 1 aliphatic rings. The first-order chi connectivity index (χ1) is 7.12. The second-order valence-corrected chi connectivity index (χ2v) is 4.47. The summed E-state index contributed by atoms with van der Waals surface area (Å²) in [6.07, 6.45) is 8.84. The summed E-state index contributed by atoms with van der Waals surface area (Å²) in [7, 11) is 0. The Hall–Kier alpha value is -1.08. The molecule has 0 radical (unpaired) electrons. The molecule has 2 rings (SSSR count). The zero-order valence-electron chi connectivity index (χ0n) is 8.50. The van der Waals surface area contributed by atoms with Crippen molar-refractivity contribution in [1.29, 1.82) is 0 Å². The van der Waals surface area contributed by atoms with Crippen molar-refractivity contribution >= 4 is 11.6 Å². The summed E-state index contributed by atoms with van der Waals surface area (Å²) in [5.74, 6) is -0.232. The molecule has 1 aliphatic carbocycles. The van der Waals surface area contributed by atoms with Crippen molar-refractivity contribution in [2.75, 3.05) is 0 Å². The predicted molar refractivity (Wildman–Crippen MR) is 61.7 cm³/mol. The first-order valence-corrected chi connectivity index (χ1v) is 5.29. The number of allylic oxidation sites excluding steroid dienone is 4. The van der Waals surface area contributed by atoms with Crippen LogP contribution in [0.4, 0.5) is 4.39 Å². The van der Waals surface area contributed by atoms with E-state index >= 15 is 0 Å². The van der Waals surface area contributed by atoms with Crippen LogP contribution in [-0.4, -0.2) is 0 Å².